The van der Waals surface area contributed by atoms with Crippen molar-refractivity contribution in [2.24, 2.45) is 5.92 Å². The Morgan fingerprint density at radius 2 is 2.17 bits per heavy atom. The summed E-state index contributed by atoms with van der Waals surface area (Å²) in [6, 6.07) is 8.54. The summed E-state index contributed by atoms with van der Waals surface area (Å²) in [5.74, 6) is 1.01. The van der Waals surface area contributed by atoms with Crippen LogP contribution in [-0.4, -0.2) is 28.8 Å². The van der Waals surface area contributed by atoms with E-state index in [2.05, 4.69) is 50.1 Å². The summed E-state index contributed by atoms with van der Waals surface area (Å²) in [6.45, 7) is 3.31. The van der Waals surface area contributed by atoms with Crippen molar-refractivity contribution >= 4 is 21.7 Å². The summed E-state index contributed by atoms with van der Waals surface area (Å²) in [4.78, 5) is 18.3. The molecule has 0 radical (unpaired) electrons. The van der Waals surface area contributed by atoms with E-state index in [1.165, 1.54) is 30.9 Å². The number of benzene rings is 1. The molecule has 1 aromatic heterocycles. The molecule has 0 bridgehead atoms. The van der Waals surface area contributed by atoms with Crippen molar-refractivity contribution < 1.29 is 9.21 Å². The largest absolute Gasteiger partial charge is 0.442 e. The molecule has 0 spiro atoms. The third kappa shape index (κ3) is 5.02. The maximum atomic E-state index is 11.9. The lowest BCUT2D eigenvalue weighted by Crippen LogP contribution is -2.33. The fourth-order valence-electron chi connectivity index (χ4n) is 3.35. The number of carbonyl (C=O) groups is 1. The minimum Gasteiger partial charge on any atom is -0.442 e. The highest BCUT2D eigenvalue weighted by Gasteiger charge is 2.20. The van der Waals surface area contributed by atoms with Gasteiger partial charge in [-0.25, -0.2) is 4.98 Å². The summed E-state index contributed by atoms with van der Waals surface area (Å²) in [5.41, 5.74) is 1.36. The van der Waals surface area contributed by atoms with Gasteiger partial charge in [0.25, 0.3) is 5.89 Å². The van der Waals surface area contributed by atoms with Crippen LogP contribution in [0.4, 0.5) is 0 Å². The molecule has 1 aromatic carbocycles. The first-order valence-corrected chi connectivity index (χ1v) is 9.39. The van der Waals surface area contributed by atoms with E-state index in [-0.39, 0.29) is 11.7 Å². The smallest absolute Gasteiger partial charge is 0.263 e. The number of hydrogen-bond donors (Lipinski definition) is 0. The number of halogens is 1. The summed E-state index contributed by atoms with van der Waals surface area (Å²) < 4.78 is 6.19. The molecule has 1 aliphatic rings. The maximum absolute atomic E-state index is 11.9. The Labute approximate surface area is 151 Å². The summed E-state index contributed by atoms with van der Waals surface area (Å²) in [5, 5.41) is 0. The summed E-state index contributed by atoms with van der Waals surface area (Å²) >= 11 is 3.53. The first kappa shape index (κ1) is 17.4. The lowest BCUT2D eigenvalue weighted by molar-refractivity contribution is 0.0940. The number of piperidine rings is 1. The lowest BCUT2D eigenvalue weighted by Gasteiger charge is -2.32. The highest BCUT2D eigenvalue weighted by atomic mass is 79.9. The third-order valence-corrected chi connectivity index (χ3v) is 5.18. The Bertz CT molecular complexity index is 649. The molecule has 2 aromatic rings. The molecule has 0 atom stereocenters. The van der Waals surface area contributed by atoms with E-state index in [1.807, 2.05) is 0 Å². The summed E-state index contributed by atoms with van der Waals surface area (Å²) in [6.07, 6.45) is 8.01. The van der Waals surface area contributed by atoms with Gasteiger partial charge in [0.1, 0.15) is 6.26 Å². The second kappa shape index (κ2) is 8.58. The molecule has 1 fully saturated rings. The van der Waals surface area contributed by atoms with Crippen LogP contribution in [-0.2, 0) is 6.54 Å². The standard InChI is InChI=1S/C19H23BrN2O2/c20-17-5-1-4-16(13-17)14-22-10-7-15(8-11-22)3-2-6-18(23)19-21-9-12-24-19/h1,4-5,9,12-13,15H,2-3,6-8,10-11,14H2. The Morgan fingerprint density at radius 1 is 1.33 bits per heavy atom. The molecule has 0 aliphatic carbocycles. The monoisotopic (exact) mass is 390 g/mol. The number of carbonyl (C=O) groups excluding carboxylic acids is 1. The highest BCUT2D eigenvalue weighted by molar-refractivity contribution is 9.10. The molecule has 3 rings (SSSR count). The van der Waals surface area contributed by atoms with Gasteiger partial charge in [-0.05, 0) is 62.4 Å². The zero-order chi connectivity index (χ0) is 16.8. The molecule has 5 heteroatoms. The van der Waals surface area contributed by atoms with Gasteiger partial charge in [0, 0.05) is 17.4 Å². The maximum Gasteiger partial charge on any atom is 0.263 e. The van der Waals surface area contributed by atoms with E-state index in [1.54, 1.807) is 0 Å². The van der Waals surface area contributed by atoms with Gasteiger partial charge >= 0.3 is 0 Å². The van der Waals surface area contributed by atoms with Crippen LogP contribution in [0.3, 0.4) is 0 Å². The number of hydrogen-bond acceptors (Lipinski definition) is 4. The zero-order valence-corrected chi connectivity index (χ0v) is 15.4. The van der Waals surface area contributed by atoms with Crippen LogP contribution in [0.25, 0.3) is 0 Å². The van der Waals surface area contributed by atoms with Crippen molar-refractivity contribution in [3.05, 3.63) is 52.7 Å². The van der Waals surface area contributed by atoms with E-state index in [0.717, 1.165) is 42.9 Å². The molecule has 4 nitrogen and oxygen atoms in total. The molecular formula is C19H23BrN2O2. The van der Waals surface area contributed by atoms with Crippen LogP contribution in [0.1, 0.15) is 48.4 Å². The Morgan fingerprint density at radius 3 is 2.88 bits per heavy atom. The quantitative estimate of drug-likeness (QED) is 0.642. The van der Waals surface area contributed by atoms with Crippen LogP contribution in [0.15, 0.2) is 45.6 Å². The van der Waals surface area contributed by atoms with Gasteiger partial charge in [0.2, 0.25) is 5.78 Å². The van der Waals surface area contributed by atoms with Gasteiger partial charge in [-0.2, -0.15) is 0 Å². The van der Waals surface area contributed by atoms with Gasteiger partial charge in [-0.3, -0.25) is 9.69 Å². The van der Waals surface area contributed by atoms with Gasteiger partial charge < -0.3 is 4.42 Å². The average Bonchev–Trinajstić information content (AvgIpc) is 3.11. The van der Waals surface area contributed by atoms with Crippen LogP contribution in [0, 0.1) is 5.92 Å². The average molecular weight is 391 g/mol. The number of aromatic nitrogens is 1. The first-order chi connectivity index (χ1) is 11.7. The normalized spacial score (nSPS) is 16.4. The number of rotatable bonds is 7. The van der Waals surface area contributed by atoms with E-state index < -0.39 is 0 Å². The molecule has 0 amide bonds. The van der Waals surface area contributed by atoms with E-state index >= 15 is 0 Å². The van der Waals surface area contributed by atoms with Gasteiger partial charge in [0.05, 0.1) is 6.20 Å². The van der Waals surface area contributed by atoms with Crippen LogP contribution in [0.2, 0.25) is 0 Å². The third-order valence-electron chi connectivity index (χ3n) is 4.69. The van der Waals surface area contributed by atoms with Crippen LogP contribution < -0.4 is 0 Å². The number of Topliss-reactive ketones (excluding diaryl/α,β-unsaturated/α-hetero) is 1. The fourth-order valence-corrected chi connectivity index (χ4v) is 3.79. The molecule has 128 valence electrons. The number of ketones is 1. The molecule has 0 unspecified atom stereocenters. The number of nitrogens with zero attached hydrogens (tertiary/aromatic N) is 2. The highest BCUT2D eigenvalue weighted by Crippen LogP contribution is 2.24. The molecule has 0 saturated carbocycles. The van der Waals surface area contributed by atoms with Crippen LogP contribution in [0.5, 0.6) is 0 Å². The minimum atomic E-state index is 0.0205. The molecule has 2 heterocycles. The second-order valence-corrected chi connectivity index (χ2v) is 7.42. The molecule has 1 saturated heterocycles. The van der Waals surface area contributed by atoms with Gasteiger partial charge in [-0.15, -0.1) is 0 Å². The zero-order valence-electron chi connectivity index (χ0n) is 13.8. The van der Waals surface area contributed by atoms with Gasteiger partial charge in [-0.1, -0.05) is 28.1 Å². The van der Waals surface area contributed by atoms with Crippen LogP contribution >= 0.6 is 15.9 Å². The number of oxazole rings is 1. The van der Waals surface area contributed by atoms with E-state index in [9.17, 15) is 4.79 Å². The Kier molecular flexibility index (Phi) is 6.21. The van der Waals surface area contributed by atoms with Gasteiger partial charge in [0.15, 0.2) is 0 Å². The van der Waals surface area contributed by atoms with Crippen molar-refractivity contribution in [1.82, 2.24) is 9.88 Å². The topological polar surface area (TPSA) is 46.3 Å². The molecule has 24 heavy (non-hydrogen) atoms. The SMILES string of the molecule is O=C(CCCC1CCN(Cc2cccc(Br)c2)CC1)c1ncco1. The predicted octanol–water partition coefficient (Wildman–Crippen LogP) is 4.70. The van der Waals surface area contributed by atoms with E-state index in [4.69, 9.17) is 4.42 Å². The van der Waals surface area contributed by atoms with Crippen molar-refractivity contribution in [3.8, 4) is 0 Å². The Hall–Kier alpha value is -1.46. The molecule has 0 N–H and O–H groups in total. The minimum absolute atomic E-state index is 0.0205. The first-order valence-electron chi connectivity index (χ1n) is 8.60. The van der Waals surface area contributed by atoms with Crippen molar-refractivity contribution in [1.29, 1.82) is 0 Å². The Balaban J connectivity index is 1.35. The molecule has 1 aliphatic heterocycles. The fraction of sp³-hybridized carbons (Fsp3) is 0.474. The van der Waals surface area contributed by atoms with E-state index in [0.29, 0.717) is 6.42 Å². The predicted molar refractivity (Wildman–Crippen MR) is 96.8 cm³/mol. The van der Waals surface area contributed by atoms with Crippen molar-refractivity contribution in [3.63, 3.8) is 0 Å². The van der Waals surface area contributed by atoms with Crippen molar-refractivity contribution in [2.45, 2.75) is 38.6 Å². The number of likely N-dealkylation sites (tertiary alicyclic amines) is 1. The summed E-state index contributed by atoms with van der Waals surface area (Å²) in [7, 11) is 0. The lowest BCUT2D eigenvalue weighted by atomic mass is 9.91. The second-order valence-electron chi connectivity index (χ2n) is 6.50. The van der Waals surface area contributed by atoms with Crippen molar-refractivity contribution in [2.75, 3.05) is 13.1 Å². The molecular weight excluding hydrogens is 368 g/mol.